The fourth-order valence-electron chi connectivity index (χ4n) is 2.45. The lowest BCUT2D eigenvalue weighted by atomic mass is 10.0. The number of benzene rings is 1. The van der Waals surface area contributed by atoms with Crippen LogP contribution in [0.15, 0.2) is 30.5 Å². The Hall–Kier alpha value is -1.48. The van der Waals surface area contributed by atoms with Crippen LogP contribution in [0.2, 0.25) is 19.6 Å². The topological polar surface area (TPSA) is 12.9 Å². The molecule has 0 unspecified atom stereocenters. The van der Waals surface area contributed by atoms with Crippen molar-refractivity contribution in [3.05, 3.63) is 47.4 Å². The molecule has 0 saturated carbocycles. The highest BCUT2D eigenvalue weighted by atomic mass is 28.3. The maximum Gasteiger partial charge on any atom is 0.132 e. The smallest absolute Gasteiger partial charge is 0.132 e. The molecular weight excluding hydrogens is 277 g/mol. The third-order valence-corrected chi connectivity index (χ3v) is 5.64. The van der Waals surface area contributed by atoms with Gasteiger partial charge >= 0.3 is 0 Å². The molecule has 1 aromatic carbocycles. The average molecular weight is 304 g/mol. The van der Waals surface area contributed by atoms with Crippen LogP contribution >= 0.6 is 0 Å². The lowest BCUT2D eigenvalue weighted by Gasteiger charge is -2.23. The maximum atomic E-state index is 14.5. The second kappa shape index (κ2) is 5.72. The highest BCUT2D eigenvalue weighted by Crippen LogP contribution is 2.25. The van der Waals surface area contributed by atoms with Gasteiger partial charge in [-0.3, -0.25) is 4.98 Å². The summed E-state index contributed by atoms with van der Waals surface area (Å²) >= 11 is 0. The molecule has 112 valence electrons. The van der Waals surface area contributed by atoms with Gasteiger partial charge in [0, 0.05) is 15.9 Å². The zero-order valence-electron chi connectivity index (χ0n) is 16.3. The molecule has 0 fully saturated rings. The third-order valence-electron chi connectivity index (χ3n) is 3.61. The molecule has 1 nitrogen and oxygen atoms in total. The number of aryl methyl sites for hydroxylation is 1. The largest absolute Gasteiger partial charge is 0.256 e. The Morgan fingerprint density at radius 2 is 1.90 bits per heavy atom. The molecule has 2 aromatic rings. The number of pyridine rings is 1. The van der Waals surface area contributed by atoms with Gasteiger partial charge in [0.25, 0.3) is 0 Å². The van der Waals surface area contributed by atoms with Crippen molar-refractivity contribution >= 4 is 13.3 Å². The standard InChI is InChI=1S/C18H24FNSi/c1-12(2)15-10-17(20-11-18(15)21(4,5)6)14-8-7-13(3)9-16(14)19/h7-12H,1-6H3/i3D3. The SMILES string of the molecule is [2H]C([2H])([2H])c1ccc(-c2cc(C(C)C)c([Si](C)(C)C)cn2)c(F)c1. The Kier molecular flexibility index (Phi) is 3.30. The Bertz CT molecular complexity index is 749. The van der Waals surface area contributed by atoms with E-state index in [1.54, 1.807) is 0 Å². The molecule has 0 radical (unpaired) electrons. The molecule has 0 aliphatic heterocycles. The summed E-state index contributed by atoms with van der Waals surface area (Å²) in [5.41, 5.74) is 2.09. The number of hydrogen-bond donors (Lipinski definition) is 0. The Balaban J connectivity index is 2.56. The van der Waals surface area contributed by atoms with E-state index in [0.717, 1.165) is 6.07 Å². The molecule has 0 bridgehead atoms. The molecule has 0 aliphatic carbocycles. The molecule has 1 aromatic heterocycles. The zero-order valence-corrected chi connectivity index (χ0v) is 14.3. The van der Waals surface area contributed by atoms with Gasteiger partial charge in [0.2, 0.25) is 0 Å². The number of halogens is 1. The Labute approximate surface area is 132 Å². The quantitative estimate of drug-likeness (QED) is 0.738. The summed E-state index contributed by atoms with van der Waals surface area (Å²) in [5, 5.41) is 1.28. The van der Waals surface area contributed by atoms with Crippen LogP contribution in [-0.4, -0.2) is 13.1 Å². The second-order valence-corrected chi connectivity index (χ2v) is 11.8. The molecule has 0 amide bonds. The molecular formula is C18H24FNSi. The zero-order chi connectivity index (χ0) is 18.3. The predicted molar refractivity (Wildman–Crippen MR) is 91.4 cm³/mol. The minimum absolute atomic E-state index is 0.00607. The van der Waals surface area contributed by atoms with Crippen molar-refractivity contribution in [2.45, 2.75) is 46.3 Å². The number of nitrogens with zero attached hydrogens (tertiary/aromatic N) is 1. The van der Waals surface area contributed by atoms with Crippen LogP contribution in [0, 0.1) is 12.7 Å². The molecule has 0 aliphatic rings. The number of hydrogen-bond acceptors (Lipinski definition) is 1. The summed E-state index contributed by atoms with van der Waals surface area (Å²) in [6, 6.07) is 6.00. The summed E-state index contributed by atoms with van der Waals surface area (Å²) in [4.78, 5) is 4.47. The first kappa shape index (κ1) is 12.1. The fraction of sp³-hybridized carbons (Fsp3) is 0.389. The van der Waals surface area contributed by atoms with Gasteiger partial charge in [-0.2, -0.15) is 0 Å². The molecule has 21 heavy (non-hydrogen) atoms. The van der Waals surface area contributed by atoms with Crippen molar-refractivity contribution in [2.75, 3.05) is 0 Å². The maximum absolute atomic E-state index is 14.5. The first-order valence-electron chi connectivity index (χ1n) is 8.72. The molecule has 1 heterocycles. The second-order valence-electron chi connectivity index (χ2n) is 6.76. The third kappa shape index (κ3) is 3.41. The summed E-state index contributed by atoms with van der Waals surface area (Å²) < 4.78 is 36.6. The van der Waals surface area contributed by atoms with Crippen molar-refractivity contribution in [3.8, 4) is 11.3 Å². The van der Waals surface area contributed by atoms with E-state index in [9.17, 15) is 4.39 Å². The van der Waals surface area contributed by atoms with Gasteiger partial charge in [-0.15, -0.1) is 0 Å². The van der Waals surface area contributed by atoms with Gasteiger partial charge in [-0.25, -0.2) is 4.39 Å². The molecule has 3 heteroatoms. The highest BCUT2D eigenvalue weighted by Gasteiger charge is 2.23. The molecule has 0 atom stereocenters. The van der Waals surface area contributed by atoms with Crippen molar-refractivity contribution in [1.82, 2.24) is 4.98 Å². The van der Waals surface area contributed by atoms with Gasteiger partial charge in [-0.1, -0.05) is 39.6 Å². The summed E-state index contributed by atoms with van der Waals surface area (Å²) in [7, 11) is -1.54. The Morgan fingerprint density at radius 3 is 2.43 bits per heavy atom. The van der Waals surface area contributed by atoms with Gasteiger partial charge in [0.1, 0.15) is 5.82 Å². The van der Waals surface area contributed by atoms with Gasteiger partial charge in [-0.05, 0) is 47.3 Å². The lowest BCUT2D eigenvalue weighted by molar-refractivity contribution is 0.629. The average Bonchev–Trinajstić information content (AvgIpc) is 2.44. The van der Waals surface area contributed by atoms with Crippen LogP contribution < -0.4 is 5.19 Å². The van der Waals surface area contributed by atoms with Crippen LogP contribution in [0.4, 0.5) is 4.39 Å². The summed E-state index contributed by atoms with van der Waals surface area (Å²) in [5.74, 6) is -0.232. The fourth-order valence-corrected chi connectivity index (χ4v) is 4.12. The van der Waals surface area contributed by atoms with Crippen LogP contribution in [0.3, 0.4) is 0 Å². The predicted octanol–water partition coefficient (Wildman–Crippen LogP) is 4.86. The van der Waals surface area contributed by atoms with E-state index in [2.05, 4.69) is 38.5 Å². The van der Waals surface area contributed by atoms with Crippen LogP contribution in [0.1, 0.15) is 35.0 Å². The van der Waals surface area contributed by atoms with E-state index in [1.807, 2.05) is 12.3 Å². The molecule has 0 N–H and O–H groups in total. The first-order valence-corrected chi connectivity index (χ1v) is 10.7. The molecule has 0 spiro atoms. The van der Waals surface area contributed by atoms with Gasteiger partial charge in [0.05, 0.1) is 13.8 Å². The van der Waals surface area contributed by atoms with Gasteiger partial charge < -0.3 is 0 Å². The first-order chi connectivity index (χ1) is 10.9. The van der Waals surface area contributed by atoms with E-state index >= 15 is 0 Å². The summed E-state index contributed by atoms with van der Waals surface area (Å²) in [6.45, 7) is 8.73. The van der Waals surface area contributed by atoms with Crippen molar-refractivity contribution < 1.29 is 8.50 Å². The van der Waals surface area contributed by atoms with Crippen molar-refractivity contribution in [2.24, 2.45) is 0 Å². The monoisotopic (exact) mass is 304 g/mol. The van der Waals surface area contributed by atoms with Crippen LogP contribution in [0.5, 0.6) is 0 Å². The van der Waals surface area contributed by atoms with Gasteiger partial charge in [0.15, 0.2) is 0 Å². The minimum Gasteiger partial charge on any atom is -0.256 e. The molecule has 2 rings (SSSR count). The number of rotatable bonds is 3. The summed E-state index contributed by atoms with van der Waals surface area (Å²) in [6.07, 6.45) is 1.87. The Morgan fingerprint density at radius 1 is 1.19 bits per heavy atom. The highest BCUT2D eigenvalue weighted by molar-refractivity contribution is 6.89. The van der Waals surface area contributed by atoms with E-state index in [1.165, 1.54) is 22.9 Å². The minimum atomic E-state index is -2.31. The van der Waals surface area contributed by atoms with Crippen molar-refractivity contribution in [3.63, 3.8) is 0 Å². The van der Waals surface area contributed by atoms with Crippen LogP contribution in [-0.2, 0) is 0 Å². The van der Waals surface area contributed by atoms with Crippen LogP contribution in [0.25, 0.3) is 11.3 Å². The number of aromatic nitrogens is 1. The van der Waals surface area contributed by atoms with Crippen molar-refractivity contribution in [1.29, 1.82) is 0 Å². The van der Waals surface area contributed by atoms with E-state index in [0.29, 0.717) is 17.2 Å². The normalized spacial score (nSPS) is 14.7. The van der Waals surface area contributed by atoms with E-state index in [-0.39, 0.29) is 5.56 Å². The van der Waals surface area contributed by atoms with E-state index in [4.69, 9.17) is 4.11 Å². The lowest BCUT2D eigenvalue weighted by Crippen LogP contribution is -2.40. The molecule has 0 saturated heterocycles. The van der Waals surface area contributed by atoms with E-state index < -0.39 is 20.7 Å².